The summed E-state index contributed by atoms with van der Waals surface area (Å²) in [6, 6.07) is 10.0. The van der Waals surface area contributed by atoms with Gasteiger partial charge < -0.3 is 5.11 Å². The molecule has 1 amide bonds. The zero-order chi connectivity index (χ0) is 19.9. The van der Waals surface area contributed by atoms with Crippen LogP contribution in [0.1, 0.15) is 17.0 Å². The molecule has 142 valence electrons. The number of hydrogen-bond acceptors (Lipinski definition) is 7. The summed E-state index contributed by atoms with van der Waals surface area (Å²) in [7, 11) is 0. The van der Waals surface area contributed by atoms with Gasteiger partial charge in [0.1, 0.15) is 12.3 Å². The van der Waals surface area contributed by atoms with Crippen LogP contribution in [0, 0.1) is 6.92 Å². The molecule has 0 aliphatic heterocycles. The molecule has 0 spiro atoms. The highest BCUT2D eigenvalue weighted by Gasteiger charge is 2.12. The molecule has 0 saturated heterocycles. The number of carbonyl (C=O) groups excluding carboxylic acids is 1. The molecule has 0 aliphatic rings. The van der Waals surface area contributed by atoms with Gasteiger partial charge in [-0.1, -0.05) is 12.1 Å². The molecule has 0 saturated carbocycles. The van der Waals surface area contributed by atoms with Crippen LogP contribution in [-0.4, -0.2) is 42.9 Å². The van der Waals surface area contributed by atoms with E-state index < -0.39 is 11.6 Å². The third-order valence-electron chi connectivity index (χ3n) is 3.63. The van der Waals surface area contributed by atoms with Gasteiger partial charge >= 0.3 is 5.69 Å². The molecule has 28 heavy (non-hydrogen) atoms. The topological polar surface area (TPSA) is 127 Å². The number of nitrogens with one attached hydrogen (secondary N) is 1. The number of phenolic OH excluding ortho intramolecular Hbond substituents is 1. The predicted octanol–water partition coefficient (Wildman–Crippen LogP) is 0.486. The number of aromatic hydroxyl groups is 1. The van der Waals surface area contributed by atoms with Gasteiger partial charge in [0, 0.05) is 18.0 Å². The second kappa shape index (κ2) is 8.54. The molecule has 0 unspecified atom stereocenters. The fourth-order valence-electron chi connectivity index (χ4n) is 2.26. The number of nitrogens with zero attached hydrogens (tertiary/aromatic N) is 6. The zero-order valence-corrected chi connectivity index (χ0v) is 14.9. The minimum absolute atomic E-state index is 0.0399. The Morgan fingerprint density at radius 1 is 1.21 bits per heavy atom. The van der Waals surface area contributed by atoms with Gasteiger partial charge in [-0.3, -0.25) is 9.78 Å². The molecule has 0 fully saturated rings. The van der Waals surface area contributed by atoms with Crippen molar-refractivity contribution in [2.45, 2.75) is 13.5 Å². The average molecular weight is 379 g/mol. The van der Waals surface area contributed by atoms with Crippen molar-refractivity contribution in [1.82, 2.24) is 24.9 Å². The standard InChI is InChI=1S/C18H17N7O3/c1-13-23-24(18(28)25(13)21-10-14-6-8-19-9-7-14)12-17(27)22-20-11-15-4-2-3-5-16(15)26/h2-11,26H,12H2,1H3,(H,22,27). The Morgan fingerprint density at radius 2 is 1.96 bits per heavy atom. The maximum absolute atomic E-state index is 12.4. The lowest BCUT2D eigenvalue weighted by Gasteiger charge is -1.99. The Balaban J connectivity index is 1.66. The lowest BCUT2D eigenvalue weighted by atomic mass is 10.2. The van der Waals surface area contributed by atoms with E-state index in [4.69, 9.17) is 0 Å². The highest BCUT2D eigenvalue weighted by Crippen LogP contribution is 2.12. The summed E-state index contributed by atoms with van der Waals surface area (Å²) in [5, 5.41) is 21.5. The summed E-state index contributed by atoms with van der Waals surface area (Å²) in [6.45, 7) is 1.28. The summed E-state index contributed by atoms with van der Waals surface area (Å²) in [4.78, 5) is 28.3. The number of aryl methyl sites for hydroxylation is 1. The Bertz CT molecular complexity index is 1080. The van der Waals surface area contributed by atoms with E-state index in [1.165, 1.54) is 18.5 Å². The van der Waals surface area contributed by atoms with E-state index in [0.29, 0.717) is 11.4 Å². The highest BCUT2D eigenvalue weighted by molar-refractivity contribution is 5.85. The minimum Gasteiger partial charge on any atom is -0.507 e. The highest BCUT2D eigenvalue weighted by atomic mass is 16.3. The van der Waals surface area contributed by atoms with Gasteiger partial charge in [0.15, 0.2) is 5.82 Å². The van der Waals surface area contributed by atoms with Crippen LogP contribution in [0.25, 0.3) is 0 Å². The van der Waals surface area contributed by atoms with E-state index in [1.807, 2.05) is 0 Å². The Morgan fingerprint density at radius 3 is 2.71 bits per heavy atom. The lowest BCUT2D eigenvalue weighted by molar-refractivity contribution is -0.121. The number of aromatic nitrogens is 4. The van der Waals surface area contributed by atoms with Gasteiger partial charge in [0.05, 0.1) is 12.4 Å². The zero-order valence-electron chi connectivity index (χ0n) is 14.9. The number of rotatable bonds is 6. The Labute approximate surface area is 159 Å². The van der Waals surface area contributed by atoms with E-state index >= 15 is 0 Å². The van der Waals surface area contributed by atoms with E-state index in [2.05, 4.69) is 25.7 Å². The van der Waals surface area contributed by atoms with E-state index in [-0.39, 0.29) is 12.3 Å². The lowest BCUT2D eigenvalue weighted by Crippen LogP contribution is -2.31. The molecular formula is C18H17N7O3. The number of para-hydroxylation sites is 1. The predicted molar refractivity (Wildman–Crippen MR) is 102 cm³/mol. The Hall–Kier alpha value is -4.08. The maximum Gasteiger partial charge on any atom is 0.367 e. The van der Waals surface area contributed by atoms with Crippen LogP contribution in [0.2, 0.25) is 0 Å². The molecule has 2 aromatic heterocycles. The fraction of sp³-hybridized carbons (Fsp3) is 0.111. The second-order valence-electron chi connectivity index (χ2n) is 5.68. The van der Waals surface area contributed by atoms with E-state index in [9.17, 15) is 14.7 Å². The molecule has 0 aliphatic carbocycles. The molecule has 10 heteroatoms. The van der Waals surface area contributed by atoms with Crippen molar-refractivity contribution in [1.29, 1.82) is 0 Å². The quantitative estimate of drug-likeness (QED) is 0.476. The minimum atomic E-state index is -0.553. The molecule has 0 radical (unpaired) electrons. The average Bonchev–Trinajstić information content (AvgIpc) is 2.95. The summed E-state index contributed by atoms with van der Waals surface area (Å²) in [5.41, 5.74) is 2.95. The van der Waals surface area contributed by atoms with Crippen LogP contribution < -0.4 is 11.1 Å². The van der Waals surface area contributed by atoms with Gasteiger partial charge in [-0.15, -0.1) is 0 Å². The SMILES string of the molecule is Cc1nn(CC(=O)NN=Cc2ccccc2O)c(=O)n1N=Cc1ccncc1. The molecule has 0 atom stereocenters. The number of phenols is 1. The van der Waals surface area contributed by atoms with Crippen molar-refractivity contribution in [3.63, 3.8) is 0 Å². The van der Waals surface area contributed by atoms with Gasteiger partial charge in [0.2, 0.25) is 0 Å². The number of amides is 1. The van der Waals surface area contributed by atoms with Crippen LogP contribution in [0.3, 0.4) is 0 Å². The first-order valence-electron chi connectivity index (χ1n) is 8.25. The summed E-state index contributed by atoms with van der Waals surface area (Å²) < 4.78 is 2.09. The summed E-state index contributed by atoms with van der Waals surface area (Å²) in [5.74, 6) is -0.171. The van der Waals surface area contributed by atoms with Crippen molar-refractivity contribution in [2.75, 3.05) is 0 Å². The number of hydrogen-bond donors (Lipinski definition) is 2. The first-order valence-corrected chi connectivity index (χ1v) is 8.25. The molecule has 1 aromatic carbocycles. The fourth-order valence-corrected chi connectivity index (χ4v) is 2.26. The van der Waals surface area contributed by atoms with Crippen molar-refractivity contribution in [2.24, 2.45) is 10.2 Å². The summed E-state index contributed by atoms with van der Waals surface area (Å²) >= 11 is 0. The van der Waals surface area contributed by atoms with Crippen LogP contribution in [0.15, 0.2) is 63.8 Å². The van der Waals surface area contributed by atoms with E-state index in [0.717, 1.165) is 14.9 Å². The van der Waals surface area contributed by atoms with Crippen molar-refractivity contribution in [3.8, 4) is 5.75 Å². The van der Waals surface area contributed by atoms with Crippen LogP contribution >= 0.6 is 0 Å². The number of pyridine rings is 1. The third kappa shape index (κ3) is 4.55. The van der Waals surface area contributed by atoms with Crippen molar-refractivity contribution >= 4 is 18.3 Å². The molecule has 2 N–H and O–H groups in total. The molecule has 3 aromatic rings. The van der Waals surface area contributed by atoms with Gasteiger partial charge in [0.25, 0.3) is 5.91 Å². The van der Waals surface area contributed by atoms with Gasteiger partial charge in [-0.25, -0.2) is 14.9 Å². The molecular weight excluding hydrogens is 362 g/mol. The second-order valence-corrected chi connectivity index (χ2v) is 5.68. The summed E-state index contributed by atoms with van der Waals surface area (Å²) in [6.07, 6.45) is 6.03. The molecule has 0 bridgehead atoms. The van der Waals surface area contributed by atoms with Crippen molar-refractivity contribution < 1.29 is 9.90 Å². The normalized spacial score (nSPS) is 11.3. The Kier molecular flexibility index (Phi) is 5.70. The number of hydrazone groups is 1. The van der Waals surface area contributed by atoms with E-state index in [1.54, 1.807) is 49.6 Å². The first kappa shape index (κ1) is 18.7. The van der Waals surface area contributed by atoms with Crippen LogP contribution in [-0.2, 0) is 11.3 Å². The smallest absolute Gasteiger partial charge is 0.367 e. The monoisotopic (exact) mass is 379 g/mol. The number of carbonyl (C=O) groups is 1. The third-order valence-corrected chi connectivity index (χ3v) is 3.63. The van der Waals surface area contributed by atoms with Gasteiger partial charge in [-0.05, 0) is 36.8 Å². The molecule has 3 rings (SSSR count). The van der Waals surface area contributed by atoms with Crippen molar-refractivity contribution in [3.05, 3.63) is 76.2 Å². The molecule has 10 nitrogen and oxygen atoms in total. The van der Waals surface area contributed by atoms with Gasteiger partial charge in [-0.2, -0.15) is 20.0 Å². The van der Waals surface area contributed by atoms with Crippen LogP contribution in [0.5, 0.6) is 5.75 Å². The first-order chi connectivity index (χ1) is 13.5. The van der Waals surface area contributed by atoms with Crippen LogP contribution in [0.4, 0.5) is 0 Å². The molecule has 2 heterocycles. The largest absolute Gasteiger partial charge is 0.507 e. The number of benzene rings is 1. The maximum atomic E-state index is 12.4.